The Balaban J connectivity index is 2.53. The summed E-state index contributed by atoms with van der Waals surface area (Å²) in [7, 11) is 0. The van der Waals surface area contributed by atoms with Crippen molar-refractivity contribution in [2.75, 3.05) is 0 Å². The molecule has 0 saturated heterocycles. The minimum Gasteiger partial charge on any atom is -0.478 e. The van der Waals surface area contributed by atoms with Gasteiger partial charge in [-0.1, -0.05) is 6.42 Å². The molecule has 0 bridgehead atoms. The summed E-state index contributed by atoms with van der Waals surface area (Å²) in [4.78, 5) is 22.6. The summed E-state index contributed by atoms with van der Waals surface area (Å²) in [6.07, 6.45) is 3.28. The summed E-state index contributed by atoms with van der Waals surface area (Å²) in [5.74, 6) is -0.659. The summed E-state index contributed by atoms with van der Waals surface area (Å²) in [6, 6.07) is 2.85. The number of carboxylic acids is 1. The molecule has 0 spiro atoms. The number of hydrogen-bond acceptors (Lipinski definition) is 2. The molecule has 4 nitrogen and oxygen atoms in total. The van der Waals surface area contributed by atoms with Crippen LogP contribution in [0.3, 0.4) is 0 Å². The fourth-order valence-corrected chi connectivity index (χ4v) is 2.12. The van der Waals surface area contributed by atoms with Crippen LogP contribution in [0.4, 0.5) is 0 Å². The van der Waals surface area contributed by atoms with Crippen LogP contribution >= 0.6 is 0 Å². The molecule has 0 amide bonds. The number of carboxylic acid groups (broad SMARTS) is 1. The quantitative estimate of drug-likeness (QED) is 0.847. The zero-order valence-electron chi connectivity index (χ0n) is 9.27. The number of pyridine rings is 1. The summed E-state index contributed by atoms with van der Waals surface area (Å²) in [5, 5.41) is 8.92. The van der Waals surface area contributed by atoms with E-state index in [1.54, 1.807) is 10.6 Å². The monoisotopic (exact) mass is 221 g/mol. The molecule has 0 aliphatic heterocycles. The van der Waals surface area contributed by atoms with E-state index in [4.69, 9.17) is 5.11 Å². The normalized spacial score (nSPS) is 15.8. The predicted molar refractivity (Wildman–Crippen MR) is 59.9 cm³/mol. The average Bonchev–Trinajstić information content (AvgIpc) is 2.14. The maximum atomic E-state index is 11.7. The van der Waals surface area contributed by atoms with Crippen molar-refractivity contribution in [3.05, 3.63) is 33.7 Å². The smallest absolute Gasteiger partial charge is 0.335 e. The molecule has 1 aromatic heterocycles. The van der Waals surface area contributed by atoms with Crippen LogP contribution in [0, 0.1) is 0 Å². The zero-order chi connectivity index (χ0) is 11.7. The predicted octanol–water partition coefficient (Wildman–Crippen LogP) is 1.83. The van der Waals surface area contributed by atoms with Crippen LogP contribution in [0.5, 0.6) is 0 Å². The van der Waals surface area contributed by atoms with E-state index >= 15 is 0 Å². The Kier molecular flexibility index (Phi) is 2.81. The highest BCUT2D eigenvalue weighted by Gasteiger charge is 2.23. The molecule has 1 aliphatic carbocycles. The van der Waals surface area contributed by atoms with Gasteiger partial charge in [0, 0.05) is 18.3 Å². The van der Waals surface area contributed by atoms with Crippen LogP contribution in [0.1, 0.15) is 48.2 Å². The van der Waals surface area contributed by atoms with Crippen molar-refractivity contribution in [1.29, 1.82) is 0 Å². The molecule has 86 valence electrons. The van der Waals surface area contributed by atoms with Crippen molar-refractivity contribution < 1.29 is 9.90 Å². The van der Waals surface area contributed by atoms with Gasteiger partial charge in [0.05, 0.1) is 5.56 Å². The summed E-state index contributed by atoms with van der Waals surface area (Å²) < 4.78 is 1.68. The first-order chi connectivity index (χ1) is 7.63. The lowest BCUT2D eigenvalue weighted by Gasteiger charge is -2.28. The molecule has 1 N–H and O–H groups in total. The molecule has 0 aromatic carbocycles. The van der Waals surface area contributed by atoms with Gasteiger partial charge in [-0.05, 0) is 31.7 Å². The standard InChI is InChI=1S/C12H15NO3/c1-2-13-10(8-4-3-5-8)6-9(12(15)16)7-11(13)14/h6-8H,2-5H2,1H3,(H,15,16). The SMILES string of the molecule is CCn1c(C2CCC2)cc(C(=O)O)cc1=O. The van der Waals surface area contributed by atoms with Crippen molar-refractivity contribution in [3.8, 4) is 0 Å². The third-order valence-corrected chi connectivity index (χ3v) is 3.25. The fraction of sp³-hybridized carbons (Fsp3) is 0.500. The van der Waals surface area contributed by atoms with Gasteiger partial charge < -0.3 is 9.67 Å². The second-order valence-corrected chi connectivity index (χ2v) is 4.18. The summed E-state index contributed by atoms with van der Waals surface area (Å²) >= 11 is 0. The number of carbonyl (C=O) groups is 1. The van der Waals surface area contributed by atoms with Crippen molar-refractivity contribution >= 4 is 5.97 Å². The highest BCUT2D eigenvalue weighted by molar-refractivity contribution is 5.87. The molecule has 2 rings (SSSR count). The molecule has 0 atom stereocenters. The Morgan fingerprint density at radius 1 is 1.50 bits per heavy atom. The Morgan fingerprint density at radius 2 is 2.19 bits per heavy atom. The molecule has 16 heavy (non-hydrogen) atoms. The van der Waals surface area contributed by atoms with Gasteiger partial charge in [0.2, 0.25) is 0 Å². The Morgan fingerprint density at radius 3 is 2.62 bits per heavy atom. The first-order valence-corrected chi connectivity index (χ1v) is 5.61. The maximum absolute atomic E-state index is 11.7. The average molecular weight is 221 g/mol. The van der Waals surface area contributed by atoms with Gasteiger partial charge in [0.1, 0.15) is 0 Å². The summed E-state index contributed by atoms with van der Waals surface area (Å²) in [6.45, 7) is 2.51. The van der Waals surface area contributed by atoms with Crippen LogP contribution in [-0.4, -0.2) is 15.6 Å². The van der Waals surface area contributed by atoms with Crippen molar-refractivity contribution in [3.63, 3.8) is 0 Å². The van der Waals surface area contributed by atoms with Gasteiger partial charge in [0.15, 0.2) is 0 Å². The van der Waals surface area contributed by atoms with E-state index in [1.165, 1.54) is 12.5 Å². The lowest BCUT2D eigenvalue weighted by atomic mass is 9.82. The van der Waals surface area contributed by atoms with Crippen LogP contribution in [0.15, 0.2) is 16.9 Å². The molecule has 0 unspecified atom stereocenters. The van der Waals surface area contributed by atoms with Gasteiger partial charge >= 0.3 is 5.97 Å². The van der Waals surface area contributed by atoms with E-state index in [2.05, 4.69) is 0 Å². The summed E-state index contributed by atoms with van der Waals surface area (Å²) in [5.41, 5.74) is 0.791. The highest BCUT2D eigenvalue weighted by atomic mass is 16.4. The van der Waals surface area contributed by atoms with Crippen LogP contribution in [-0.2, 0) is 6.54 Å². The van der Waals surface area contributed by atoms with Gasteiger partial charge in [-0.2, -0.15) is 0 Å². The van der Waals surface area contributed by atoms with Gasteiger partial charge in [-0.25, -0.2) is 4.79 Å². The lowest BCUT2D eigenvalue weighted by Crippen LogP contribution is -2.27. The van der Waals surface area contributed by atoms with Crippen LogP contribution in [0.2, 0.25) is 0 Å². The largest absolute Gasteiger partial charge is 0.478 e. The Hall–Kier alpha value is -1.58. The molecule has 0 radical (unpaired) electrons. The Labute approximate surface area is 93.5 Å². The minimum atomic E-state index is -1.03. The third kappa shape index (κ3) is 1.75. The minimum absolute atomic E-state index is 0.108. The number of hydrogen-bond donors (Lipinski definition) is 1. The molecular formula is C12H15NO3. The topological polar surface area (TPSA) is 59.3 Å². The lowest BCUT2D eigenvalue weighted by molar-refractivity contribution is 0.0696. The van der Waals surface area contributed by atoms with Crippen LogP contribution < -0.4 is 5.56 Å². The van der Waals surface area contributed by atoms with Crippen molar-refractivity contribution in [1.82, 2.24) is 4.57 Å². The van der Waals surface area contributed by atoms with E-state index in [-0.39, 0.29) is 11.1 Å². The molecule has 1 aliphatic rings. The number of rotatable bonds is 3. The second kappa shape index (κ2) is 4.12. The Bertz CT molecular complexity index is 472. The molecular weight excluding hydrogens is 206 g/mol. The van der Waals surface area contributed by atoms with E-state index in [0.29, 0.717) is 12.5 Å². The van der Waals surface area contributed by atoms with E-state index < -0.39 is 5.97 Å². The van der Waals surface area contributed by atoms with E-state index in [0.717, 1.165) is 18.5 Å². The number of aromatic carboxylic acids is 1. The molecule has 1 heterocycles. The third-order valence-electron chi connectivity index (χ3n) is 3.25. The van der Waals surface area contributed by atoms with E-state index in [9.17, 15) is 9.59 Å². The van der Waals surface area contributed by atoms with Gasteiger partial charge in [-0.15, -0.1) is 0 Å². The molecule has 1 saturated carbocycles. The molecule has 1 aromatic rings. The fourth-order valence-electron chi connectivity index (χ4n) is 2.12. The zero-order valence-corrected chi connectivity index (χ0v) is 9.27. The van der Waals surface area contributed by atoms with Gasteiger partial charge in [-0.3, -0.25) is 4.79 Å². The molecule has 1 fully saturated rings. The maximum Gasteiger partial charge on any atom is 0.335 e. The molecule has 4 heteroatoms. The second-order valence-electron chi connectivity index (χ2n) is 4.18. The number of nitrogens with zero attached hydrogens (tertiary/aromatic N) is 1. The first kappa shape index (κ1) is 10.9. The van der Waals surface area contributed by atoms with Crippen molar-refractivity contribution in [2.24, 2.45) is 0 Å². The highest BCUT2D eigenvalue weighted by Crippen LogP contribution is 2.36. The number of aromatic nitrogens is 1. The van der Waals surface area contributed by atoms with Crippen molar-refractivity contribution in [2.45, 2.75) is 38.6 Å². The first-order valence-electron chi connectivity index (χ1n) is 5.61. The van der Waals surface area contributed by atoms with E-state index in [1.807, 2.05) is 6.92 Å². The van der Waals surface area contributed by atoms with Crippen LogP contribution in [0.25, 0.3) is 0 Å². The van der Waals surface area contributed by atoms with Gasteiger partial charge in [0.25, 0.3) is 5.56 Å².